The number of carbonyl (C=O) groups is 3. The second kappa shape index (κ2) is 22.5. The fourth-order valence-corrected chi connectivity index (χ4v) is 6.82. The number of thioether (sulfide) groups is 1. The second-order valence-corrected chi connectivity index (χ2v) is 13.9. The topological polar surface area (TPSA) is 139 Å². The van der Waals surface area contributed by atoms with Gasteiger partial charge in [-0.15, -0.1) is 23.1 Å². The minimum absolute atomic E-state index is 0.130. The molecule has 298 valence electrons. The molecule has 0 spiro atoms. The zero-order valence-corrected chi connectivity index (χ0v) is 31.8. The number of ether oxygens (including phenoxy) is 2. The van der Waals surface area contributed by atoms with Crippen molar-refractivity contribution in [3.63, 3.8) is 0 Å². The molecule has 3 heterocycles. The monoisotopic (exact) mass is 803 g/mol. The average Bonchev–Trinajstić information content (AvgIpc) is 3.95. The predicted octanol–water partition coefficient (Wildman–Crippen LogP) is 6.16. The van der Waals surface area contributed by atoms with E-state index >= 15 is 0 Å². The molecule has 0 bridgehead atoms. The Kier molecular flexibility index (Phi) is 18.6. The molecule has 0 radical (unpaired) electrons. The molecule has 0 atom stereocenters. The molecule has 0 unspecified atom stereocenters. The minimum atomic E-state index is -4.85. The van der Waals surface area contributed by atoms with E-state index in [9.17, 15) is 41.4 Å². The van der Waals surface area contributed by atoms with E-state index in [1.54, 1.807) is 35.9 Å². The average molecular weight is 804 g/mol. The van der Waals surface area contributed by atoms with Gasteiger partial charge in [-0.3, -0.25) is 9.59 Å². The van der Waals surface area contributed by atoms with E-state index < -0.39 is 35.7 Å². The predicted molar refractivity (Wildman–Crippen MR) is 197 cm³/mol. The van der Waals surface area contributed by atoms with Crippen LogP contribution in [0.25, 0.3) is 11.1 Å². The maximum absolute atomic E-state index is 13.8. The molecule has 2 saturated heterocycles. The van der Waals surface area contributed by atoms with Crippen LogP contribution >= 0.6 is 23.1 Å². The van der Waals surface area contributed by atoms with Crippen LogP contribution in [-0.2, 0) is 20.9 Å². The van der Waals surface area contributed by atoms with Gasteiger partial charge in [-0.2, -0.15) is 13.2 Å². The number of aromatic nitrogens is 1. The van der Waals surface area contributed by atoms with E-state index in [4.69, 9.17) is 10.5 Å². The largest absolute Gasteiger partial charge is 0.490 e. The zero-order valence-electron chi connectivity index (χ0n) is 30.2. The van der Waals surface area contributed by atoms with Crippen LogP contribution in [0.1, 0.15) is 48.1 Å². The van der Waals surface area contributed by atoms with Gasteiger partial charge in [0.2, 0.25) is 0 Å². The minimum Gasteiger partial charge on any atom is -0.486 e. The number of benzene rings is 2. The van der Waals surface area contributed by atoms with Crippen LogP contribution < -0.4 is 10.5 Å². The number of amides is 1. The van der Waals surface area contributed by atoms with Gasteiger partial charge >= 0.3 is 18.1 Å². The number of nitrogens with zero attached hydrogens (tertiary/aromatic N) is 4. The van der Waals surface area contributed by atoms with Crippen LogP contribution in [0.2, 0.25) is 0 Å². The fraction of sp³-hybridized carbons (Fsp3) is 0.500. The van der Waals surface area contributed by atoms with Gasteiger partial charge in [0.15, 0.2) is 11.6 Å². The van der Waals surface area contributed by atoms with Crippen LogP contribution in [-0.4, -0.2) is 121 Å². The van der Waals surface area contributed by atoms with Crippen molar-refractivity contribution in [2.75, 3.05) is 71.8 Å². The van der Waals surface area contributed by atoms with Gasteiger partial charge in [-0.1, -0.05) is 12.1 Å². The molecule has 3 aromatic rings. The molecule has 11 nitrogen and oxygen atoms in total. The van der Waals surface area contributed by atoms with Crippen molar-refractivity contribution in [1.82, 2.24) is 19.7 Å². The van der Waals surface area contributed by atoms with Crippen LogP contribution in [0.15, 0.2) is 46.7 Å². The van der Waals surface area contributed by atoms with Gasteiger partial charge in [-0.25, -0.2) is 18.6 Å². The smallest absolute Gasteiger partial charge is 0.486 e. The third kappa shape index (κ3) is 14.8. The second-order valence-electron chi connectivity index (χ2n) is 12.1. The molecule has 2 fully saturated rings. The maximum atomic E-state index is 13.8. The highest BCUT2D eigenvalue weighted by Crippen LogP contribution is 2.33. The van der Waals surface area contributed by atoms with Gasteiger partial charge in [-0.05, 0) is 100 Å². The molecule has 1 amide bonds. The van der Waals surface area contributed by atoms with Crippen molar-refractivity contribution in [3.8, 4) is 16.9 Å². The van der Waals surface area contributed by atoms with Crippen LogP contribution in [0.3, 0.4) is 0 Å². The van der Waals surface area contributed by atoms with Gasteiger partial charge in [0.05, 0.1) is 6.61 Å². The van der Waals surface area contributed by atoms with Crippen LogP contribution in [0.5, 0.6) is 5.75 Å². The summed E-state index contributed by atoms with van der Waals surface area (Å²) in [6.45, 7) is 8.18. The lowest BCUT2D eigenvalue weighted by molar-refractivity contribution is -0.199. The summed E-state index contributed by atoms with van der Waals surface area (Å²) in [5.41, 5.74) is 6.89. The molecule has 5 rings (SSSR count). The van der Waals surface area contributed by atoms with Gasteiger partial charge in [0.25, 0.3) is 5.91 Å². The van der Waals surface area contributed by atoms with Gasteiger partial charge in [0, 0.05) is 36.5 Å². The van der Waals surface area contributed by atoms with Crippen LogP contribution in [0, 0.1) is 11.6 Å². The lowest BCUT2D eigenvalue weighted by Crippen LogP contribution is -2.41. The summed E-state index contributed by atoms with van der Waals surface area (Å²) in [6.07, 6.45) is 1.94. The Hall–Kier alpha value is -3.84. The number of likely N-dealkylation sites (tertiary alicyclic amines) is 2. The zero-order chi connectivity index (χ0) is 39.7. The number of esters is 1. The summed E-state index contributed by atoms with van der Waals surface area (Å²) >= 11 is 2.60. The van der Waals surface area contributed by atoms with E-state index in [1.165, 1.54) is 73.0 Å². The van der Waals surface area contributed by atoms with E-state index in [0.29, 0.717) is 34.3 Å². The highest BCUT2D eigenvalue weighted by molar-refractivity contribution is 7.98. The Bertz CT molecular complexity index is 1630. The molecule has 0 aliphatic carbocycles. The van der Waals surface area contributed by atoms with E-state index in [2.05, 4.69) is 19.5 Å². The summed E-state index contributed by atoms with van der Waals surface area (Å²) in [7, 11) is 0. The third-order valence-corrected chi connectivity index (χ3v) is 9.79. The number of hydrogen-bond acceptors (Lipinski definition) is 11. The highest BCUT2D eigenvalue weighted by atomic mass is 32.2. The van der Waals surface area contributed by atoms with E-state index in [1.807, 2.05) is 0 Å². The molecule has 2 aliphatic heterocycles. The number of rotatable bonds is 14. The molecule has 2 aromatic carbocycles. The lowest BCUT2D eigenvalue weighted by atomic mass is 10.1. The molecule has 1 aromatic heterocycles. The highest BCUT2D eigenvalue weighted by Gasteiger charge is 2.40. The maximum Gasteiger partial charge on any atom is 0.490 e. The Morgan fingerprint density at radius 3 is 2.09 bits per heavy atom. The first-order chi connectivity index (χ1) is 25.7. The van der Waals surface area contributed by atoms with Crippen LogP contribution in [0.4, 0.5) is 22.0 Å². The van der Waals surface area contributed by atoms with Gasteiger partial charge in [0.1, 0.15) is 29.6 Å². The van der Waals surface area contributed by atoms with Crippen molar-refractivity contribution in [3.05, 3.63) is 64.1 Å². The number of thiazole rings is 1. The molecule has 18 heteroatoms. The summed E-state index contributed by atoms with van der Waals surface area (Å²) in [4.78, 5) is 44.9. The Labute approximate surface area is 319 Å². The van der Waals surface area contributed by atoms with Crippen molar-refractivity contribution < 1.29 is 50.9 Å². The first-order valence-corrected chi connectivity index (χ1v) is 19.5. The Morgan fingerprint density at radius 2 is 1.57 bits per heavy atom. The van der Waals surface area contributed by atoms with Crippen molar-refractivity contribution in [1.29, 1.82) is 0 Å². The standard InChI is InChI=1S/C26H27F2N3O4S2.C6H14N2.C4H5F3O2/c1-36-23-13-21(28)20(27)12-19(23)17-4-6-18(7-5-17)35-15-24-29-22(16-37-24)26(34)31(14-25(32)33)11-10-30-8-2-3-9-30;7-3-6-8-4-1-2-5-8;1-2-9-3(8)4(5,6)7/h4-7,12-13,16H,2-3,8-11,14-15H2,1H3,(H,32,33);1-7H2;2H2,1H3. The first kappa shape index (κ1) is 44.6. The van der Waals surface area contributed by atoms with E-state index in [0.717, 1.165) is 44.6 Å². The number of aliphatic carboxylic acids is 1. The Balaban J connectivity index is 0.000000379. The van der Waals surface area contributed by atoms with Gasteiger partial charge < -0.3 is 35.0 Å². The number of carbonyl (C=O) groups excluding carboxylic acids is 2. The fourth-order valence-electron chi connectivity index (χ4n) is 5.52. The summed E-state index contributed by atoms with van der Waals surface area (Å²) in [6, 6.07) is 9.36. The van der Waals surface area contributed by atoms with E-state index in [-0.39, 0.29) is 25.5 Å². The Morgan fingerprint density at radius 1 is 0.981 bits per heavy atom. The molecule has 2 aliphatic rings. The first-order valence-electron chi connectivity index (χ1n) is 17.4. The molecule has 3 N–H and O–H groups in total. The third-order valence-electron chi connectivity index (χ3n) is 8.19. The number of alkyl halides is 3. The molecule has 54 heavy (non-hydrogen) atoms. The molecule has 0 saturated carbocycles. The van der Waals surface area contributed by atoms with Crippen molar-refractivity contribution in [2.45, 2.75) is 50.3 Å². The SMILES string of the molecule is CCOC(=O)C(F)(F)F.CSc1cc(F)c(F)cc1-c1ccc(OCc2nc(C(=O)N(CCN3CCCC3)CC(=O)O)cs2)cc1.NCCN1CCCC1. The number of halogens is 5. The quantitative estimate of drug-likeness (QED) is 0.110. The number of carboxylic acids is 1. The van der Waals surface area contributed by atoms with Crippen molar-refractivity contribution >= 4 is 40.9 Å². The lowest BCUT2D eigenvalue weighted by Gasteiger charge is -2.23. The number of carboxylic acid groups (broad SMARTS) is 1. The normalized spacial score (nSPS) is 14.4. The summed E-state index contributed by atoms with van der Waals surface area (Å²) in [5, 5.41) is 11.4. The molecular weight excluding hydrogens is 758 g/mol. The summed E-state index contributed by atoms with van der Waals surface area (Å²) in [5.74, 6) is -4.84. The number of nitrogens with two attached hydrogens (primary N) is 1. The number of hydrogen-bond donors (Lipinski definition) is 2. The molecular formula is C36H46F5N5O6S2. The van der Waals surface area contributed by atoms with Crippen molar-refractivity contribution in [2.24, 2.45) is 5.73 Å². The summed E-state index contributed by atoms with van der Waals surface area (Å²) < 4.78 is 70.3.